The Morgan fingerprint density at radius 2 is 2.22 bits per heavy atom. The smallest absolute Gasteiger partial charge is 0.407 e. The van der Waals surface area contributed by atoms with Crippen LogP contribution in [0.4, 0.5) is 4.79 Å². The topological polar surface area (TPSA) is 80.7 Å². The molecule has 0 aromatic carbocycles. The maximum absolute atomic E-state index is 11.9. The molecule has 2 rings (SSSR count). The summed E-state index contributed by atoms with van der Waals surface area (Å²) in [5.74, 6) is 0.563. The van der Waals surface area contributed by atoms with Gasteiger partial charge in [0.25, 0.3) is 0 Å². The van der Waals surface area contributed by atoms with Crippen LogP contribution in [0.1, 0.15) is 52.0 Å². The van der Waals surface area contributed by atoms with Gasteiger partial charge in [-0.1, -0.05) is 0 Å². The van der Waals surface area contributed by atoms with Crippen LogP contribution in [0.15, 0.2) is 18.5 Å². The zero-order chi connectivity index (χ0) is 17.1. The third-order valence-electron chi connectivity index (χ3n) is 3.95. The fourth-order valence-electron chi connectivity index (χ4n) is 3.02. The fraction of sp³-hybridized carbons (Fsp3) is 0.647. The highest BCUT2D eigenvalue weighted by Gasteiger charge is 2.38. The molecule has 2 N–H and O–H groups in total. The number of hydrogen-bond acceptors (Lipinski definition) is 5. The van der Waals surface area contributed by atoms with Gasteiger partial charge in [-0.3, -0.25) is 4.98 Å². The molecule has 1 heterocycles. The largest absolute Gasteiger partial charge is 0.495 e. The molecule has 23 heavy (non-hydrogen) atoms. The minimum Gasteiger partial charge on any atom is -0.495 e. The zero-order valence-corrected chi connectivity index (χ0v) is 14.3. The number of nitrogens with zero attached hydrogens (tertiary/aromatic N) is 1. The van der Waals surface area contributed by atoms with Crippen molar-refractivity contribution in [2.45, 2.75) is 63.7 Å². The highest BCUT2D eigenvalue weighted by atomic mass is 16.6. The second kappa shape index (κ2) is 6.74. The predicted octanol–water partition coefficient (Wildman–Crippen LogP) is 2.75. The van der Waals surface area contributed by atoms with Crippen LogP contribution in [-0.4, -0.2) is 34.9 Å². The Morgan fingerprint density at radius 3 is 2.87 bits per heavy atom. The number of aromatic nitrogens is 1. The summed E-state index contributed by atoms with van der Waals surface area (Å²) in [4.78, 5) is 16.0. The molecular formula is C17H26N2O4. The third kappa shape index (κ3) is 4.58. The SMILES string of the molecule is COc1cnccc1C1(O)CCCC(NC(=O)OC(C)(C)C)C1. The maximum atomic E-state index is 11.9. The summed E-state index contributed by atoms with van der Waals surface area (Å²) in [5.41, 5.74) is -0.860. The zero-order valence-electron chi connectivity index (χ0n) is 14.3. The number of aliphatic hydroxyl groups is 1. The Balaban J connectivity index is 2.09. The first-order valence-corrected chi connectivity index (χ1v) is 7.94. The lowest BCUT2D eigenvalue weighted by Gasteiger charge is -2.38. The fourth-order valence-corrected chi connectivity index (χ4v) is 3.02. The molecule has 1 aliphatic rings. The number of hydrogen-bond donors (Lipinski definition) is 2. The van der Waals surface area contributed by atoms with Gasteiger partial charge in [0.05, 0.1) is 18.9 Å². The van der Waals surface area contributed by atoms with Crippen LogP contribution in [0.25, 0.3) is 0 Å². The van der Waals surface area contributed by atoms with Crippen molar-refractivity contribution in [3.05, 3.63) is 24.0 Å². The van der Waals surface area contributed by atoms with Crippen molar-refractivity contribution in [3.8, 4) is 5.75 Å². The molecule has 128 valence electrons. The summed E-state index contributed by atoms with van der Waals surface area (Å²) in [5, 5.41) is 13.9. The normalized spacial score (nSPS) is 24.8. The highest BCUT2D eigenvalue weighted by Crippen LogP contribution is 2.40. The van der Waals surface area contributed by atoms with Gasteiger partial charge in [-0.25, -0.2) is 4.79 Å². The van der Waals surface area contributed by atoms with Crippen LogP contribution < -0.4 is 10.1 Å². The van der Waals surface area contributed by atoms with Gasteiger partial charge in [-0.15, -0.1) is 0 Å². The lowest BCUT2D eigenvalue weighted by atomic mass is 9.77. The van der Waals surface area contributed by atoms with E-state index in [9.17, 15) is 9.90 Å². The van der Waals surface area contributed by atoms with Gasteiger partial charge in [0.1, 0.15) is 11.4 Å². The minimum absolute atomic E-state index is 0.138. The van der Waals surface area contributed by atoms with E-state index in [2.05, 4.69) is 10.3 Å². The summed E-state index contributed by atoms with van der Waals surface area (Å²) in [6, 6.07) is 1.63. The van der Waals surface area contributed by atoms with Gasteiger partial charge in [0.15, 0.2) is 0 Å². The number of alkyl carbamates (subject to hydrolysis) is 1. The van der Waals surface area contributed by atoms with E-state index in [1.807, 2.05) is 20.8 Å². The first kappa shape index (κ1) is 17.5. The van der Waals surface area contributed by atoms with E-state index < -0.39 is 17.3 Å². The third-order valence-corrected chi connectivity index (χ3v) is 3.95. The summed E-state index contributed by atoms with van der Waals surface area (Å²) in [7, 11) is 1.56. The van der Waals surface area contributed by atoms with Gasteiger partial charge in [-0.2, -0.15) is 0 Å². The van der Waals surface area contributed by atoms with Gasteiger partial charge in [0, 0.05) is 24.2 Å². The molecular weight excluding hydrogens is 296 g/mol. The molecule has 0 bridgehead atoms. The van der Waals surface area contributed by atoms with Crippen molar-refractivity contribution in [1.29, 1.82) is 0 Å². The molecule has 0 spiro atoms. The second-order valence-corrected chi connectivity index (χ2v) is 7.05. The van der Waals surface area contributed by atoms with E-state index in [4.69, 9.17) is 9.47 Å². The van der Waals surface area contributed by atoms with E-state index >= 15 is 0 Å². The molecule has 1 fully saturated rings. The first-order chi connectivity index (χ1) is 10.7. The van der Waals surface area contributed by atoms with Crippen LogP contribution in [0.2, 0.25) is 0 Å². The Morgan fingerprint density at radius 1 is 1.48 bits per heavy atom. The predicted molar refractivity (Wildman–Crippen MR) is 86.3 cm³/mol. The summed E-state index contributed by atoms with van der Waals surface area (Å²) >= 11 is 0. The Bertz CT molecular complexity index is 556. The number of carbonyl (C=O) groups is 1. The Labute approximate surface area is 137 Å². The number of ether oxygens (including phenoxy) is 2. The number of amides is 1. The lowest BCUT2D eigenvalue weighted by Crippen LogP contribution is -2.46. The van der Waals surface area contributed by atoms with Crippen LogP contribution in [0.3, 0.4) is 0 Å². The van der Waals surface area contributed by atoms with Gasteiger partial charge in [0.2, 0.25) is 0 Å². The Kier molecular flexibility index (Phi) is 5.14. The molecule has 1 aromatic rings. The molecule has 0 saturated heterocycles. The van der Waals surface area contributed by atoms with Gasteiger partial charge >= 0.3 is 6.09 Å². The summed E-state index contributed by atoms with van der Waals surface area (Å²) < 4.78 is 10.6. The monoisotopic (exact) mass is 322 g/mol. The van der Waals surface area contributed by atoms with E-state index in [1.165, 1.54) is 0 Å². The maximum Gasteiger partial charge on any atom is 0.407 e. The second-order valence-electron chi connectivity index (χ2n) is 7.05. The van der Waals surface area contributed by atoms with Crippen LogP contribution in [0, 0.1) is 0 Å². The Hall–Kier alpha value is -1.82. The van der Waals surface area contributed by atoms with Crippen LogP contribution >= 0.6 is 0 Å². The van der Waals surface area contributed by atoms with E-state index in [1.54, 1.807) is 25.6 Å². The van der Waals surface area contributed by atoms with E-state index in [-0.39, 0.29) is 6.04 Å². The quantitative estimate of drug-likeness (QED) is 0.894. The number of nitrogens with one attached hydrogen (secondary N) is 1. The average Bonchev–Trinajstić information content (AvgIpc) is 2.45. The van der Waals surface area contributed by atoms with Crippen LogP contribution in [-0.2, 0) is 10.3 Å². The number of pyridine rings is 1. The molecule has 2 atom stereocenters. The van der Waals surface area contributed by atoms with Crippen molar-refractivity contribution in [3.63, 3.8) is 0 Å². The molecule has 6 heteroatoms. The molecule has 0 radical (unpaired) electrons. The molecule has 2 unspecified atom stereocenters. The lowest BCUT2D eigenvalue weighted by molar-refractivity contribution is -0.0164. The van der Waals surface area contributed by atoms with E-state index in [0.717, 1.165) is 12.8 Å². The molecule has 1 aromatic heterocycles. The average molecular weight is 322 g/mol. The molecule has 1 saturated carbocycles. The van der Waals surface area contributed by atoms with Crippen LogP contribution in [0.5, 0.6) is 5.75 Å². The van der Waals surface area contributed by atoms with Crippen molar-refractivity contribution >= 4 is 6.09 Å². The van der Waals surface area contributed by atoms with Crippen molar-refractivity contribution < 1.29 is 19.4 Å². The van der Waals surface area contributed by atoms with Gasteiger partial charge in [-0.05, 0) is 46.1 Å². The van der Waals surface area contributed by atoms with Gasteiger partial charge < -0.3 is 19.9 Å². The number of carbonyl (C=O) groups excluding carboxylic acids is 1. The minimum atomic E-state index is -1.04. The number of methoxy groups -OCH3 is 1. The number of rotatable bonds is 3. The standard InChI is InChI=1S/C17H26N2O4/c1-16(2,3)23-15(20)19-12-6-5-8-17(21,10-12)13-7-9-18-11-14(13)22-4/h7,9,11-12,21H,5-6,8,10H2,1-4H3,(H,19,20). The molecule has 0 aliphatic heterocycles. The molecule has 6 nitrogen and oxygen atoms in total. The van der Waals surface area contributed by atoms with Crippen molar-refractivity contribution in [2.24, 2.45) is 0 Å². The highest BCUT2D eigenvalue weighted by molar-refractivity contribution is 5.68. The summed E-state index contributed by atoms with van der Waals surface area (Å²) in [6.45, 7) is 5.48. The molecule has 1 aliphatic carbocycles. The van der Waals surface area contributed by atoms with E-state index in [0.29, 0.717) is 24.2 Å². The first-order valence-electron chi connectivity index (χ1n) is 7.94. The van der Waals surface area contributed by atoms with Crippen molar-refractivity contribution in [1.82, 2.24) is 10.3 Å². The molecule has 1 amide bonds. The van der Waals surface area contributed by atoms with Crippen molar-refractivity contribution in [2.75, 3.05) is 7.11 Å². The summed E-state index contributed by atoms with van der Waals surface area (Å²) in [6.07, 6.45) is 5.46.